The van der Waals surface area contributed by atoms with Gasteiger partial charge in [-0.3, -0.25) is 10.1 Å². The van der Waals surface area contributed by atoms with Crippen LogP contribution in [0.5, 0.6) is 0 Å². The van der Waals surface area contributed by atoms with Crippen LogP contribution in [0.2, 0.25) is 0 Å². The molecule has 0 aliphatic carbocycles. The minimum Gasteiger partial charge on any atom is -0.420 e. The van der Waals surface area contributed by atoms with E-state index >= 15 is 0 Å². The summed E-state index contributed by atoms with van der Waals surface area (Å²) in [5.41, 5.74) is 0.502. The van der Waals surface area contributed by atoms with Crippen LogP contribution in [0, 0.1) is 10.1 Å². The highest BCUT2D eigenvalue weighted by Crippen LogP contribution is 2.31. The number of nitro groups is 1. The van der Waals surface area contributed by atoms with Crippen molar-refractivity contribution < 1.29 is 9.34 Å². The van der Waals surface area contributed by atoms with Crippen LogP contribution in [0.4, 0.5) is 5.69 Å². The summed E-state index contributed by atoms with van der Waals surface area (Å²) in [4.78, 5) is 10.4. The maximum absolute atomic E-state index is 10.8. The summed E-state index contributed by atoms with van der Waals surface area (Å²) >= 11 is 4.64. The van der Waals surface area contributed by atoms with Crippen molar-refractivity contribution in [2.24, 2.45) is 0 Å². The van der Waals surface area contributed by atoms with E-state index in [9.17, 15) is 10.1 Å². The molecular weight excluding hydrogens is 370 g/mol. The van der Waals surface area contributed by atoms with Crippen molar-refractivity contribution >= 4 is 40.5 Å². The monoisotopic (exact) mass is 381 g/mol. The summed E-state index contributed by atoms with van der Waals surface area (Å²) < 4.78 is 7.33. The lowest BCUT2D eigenvalue weighted by molar-refractivity contribution is -0.384. The molecule has 3 rings (SSSR count). The lowest BCUT2D eigenvalue weighted by Crippen LogP contribution is -1.88. The molecule has 0 spiro atoms. The lowest BCUT2D eigenvalue weighted by atomic mass is 10.2. The number of benzene rings is 1. The van der Waals surface area contributed by atoms with E-state index in [1.807, 2.05) is 0 Å². The van der Waals surface area contributed by atoms with E-state index in [-0.39, 0.29) is 11.6 Å². The Labute approximate surface area is 149 Å². The maximum Gasteiger partial charge on any atom is 0.270 e. The Bertz CT molecular complexity index is 851. The molecule has 8 nitrogen and oxygen atoms in total. The van der Waals surface area contributed by atoms with E-state index in [1.165, 1.54) is 35.2 Å². The fourth-order valence-electron chi connectivity index (χ4n) is 1.74. The molecule has 0 N–H and O–H groups in total. The molecular formula is C13H11N5O3S3. The SMILES string of the molecule is CCSc1nnc(SCc2nnc(-c3cccc([N+](=O)[O-])c3)o2)s1. The van der Waals surface area contributed by atoms with Crippen molar-refractivity contribution in [3.63, 3.8) is 0 Å². The zero-order valence-corrected chi connectivity index (χ0v) is 14.9. The number of hydrogen-bond donors (Lipinski definition) is 0. The van der Waals surface area contributed by atoms with Crippen molar-refractivity contribution in [1.82, 2.24) is 20.4 Å². The van der Waals surface area contributed by atoms with Crippen LogP contribution in [0.3, 0.4) is 0 Å². The second-order valence-electron chi connectivity index (χ2n) is 4.36. The third kappa shape index (κ3) is 4.10. The number of aromatic nitrogens is 4. The van der Waals surface area contributed by atoms with Crippen molar-refractivity contribution in [2.45, 2.75) is 21.4 Å². The van der Waals surface area contributed by atoms with Gasteiger partial charge in [-0.15, -0.1) is 20.4 Å². The van der Waals surface area contributed by atoms with Crippen LogP contribution in [0.1, 0.15) is 12.8 Å². The average molecular weight is 381 g/mol. The molecule has 2 heterocycles. The second kappa shape index (κ2) is 7.73. The number of nitro benzene ring substituents is 1. The van der Waals surface area contributed by atoms with Crippen LogP contribution < -0.4 is 0 Å². The first kappa shape index (κ1) is 16.9. The molecule has 11 heteroatoms. The number of hydrogen-bond acceptors (Lipinski definition) is 10. The van der Waals surface area contributed by atoms with E-state index in [1.54, 1.807) is 23.9 Å². The molecule has 0 aliphatic rings. The molecule has 0 bridgehead atoms. The minimum absolute atomic E-state index is 0.0172. The number of rotatable bonds is 7. The third-order valence-corrected chi connectivity index (χ3v) is 5.80. The van der Waals surface area contributed by atoms with Crippen LogP contribution in [0.25, 0.3) is 11.5 Å². The van der Waals surface area contributed by atoms with Gasteiger partial charge < -0.3 is 4.42 Å². The van der Waals surface area contributed by atoms with Crippen LogP contribution in [-0.4, -0.2) is 31.1 Å². The summed E-state index contributed by atoms with van der Waals surface area (Å²) in [6.07, 6.45) is 0. The van der Waals surface area contributed by atoms with Crippen molar-refractivity contribution in [3.05, 3.63) is 40.3 Å². The normalized spacial score (nSPS) is 10.9. The zero-order valence-electron chi connectivity index (χ0n) is 12.4. The molecule has 1 aromatic carbocycles. The topological polar surface area (TPSA) is 108 Å². The Hall–Kier alpha value is -1.98. The van der Waals surface area contributed by atoms with Gasteiger partial charge in [0.15, 0.2) is 8.68 Å². The Kier molecular flexibility index (Phi) is 5.43. The van der Waals surface area contributed by atoms with E-state index in [0.717, 1.165) is 14.4 Å². The number of non-ortho nitro benzene ring substituents is 1. The quantitative estimate of drug-likeness (QED) is 0.342. The fraction of sp³-hybridized carbons (Fsp3) is 0.231. The van der Waals surface area contributed by atoms with Gasteiger partial charge in [-0.2, -0.15) is 0 Å². The minimum atomic E-state index is -0.460. The molecule has 0 radical (unpaired) electrons. The number of thioether (sulfide) groups is 2. The Morgan fingerprint density at radius 2 is 2.00 bits per heavy atom. The second-order valence-corrected chi connectivity index (χ2v) is 8.08. The van der Waals surface area contributed by atoms with Crippen LogP contribution in [-0.2, 0) is 5.75 Å². The van der Waals surface area contributed by atoms with Crippen molar-refractivity contribution in [1.29, 1.82) is 0 Å². The first-order valence-corrected chi connectivity index (χ1v) is 9.60. The summed E-state index contributed by atoms with van der Waals surface area (Å²) in [6.45, 7) is 2.06. The Morgan fingerprint density at radius 3 is 2.75 bits per heavy atom. The molecule has 0 fully saturated rings. The molecule has 0 unspecified atom stereocenters. The van der Waals surface area contributed by atoms with E-state index in [2.05, 4.69) is 27.3 Å². The van der Waals surface area contributed by atoms with Gasteiger partial charge in [0.05, 0.1) is 10.7 Å². The van der Waals surface area contributed by atoms with Gasteiger partial charge in [0.1, 0.15) is 0 Å². The Balaban J connectivity index is 1.67. The molecule has 3 aromatic rings. The van der Waals surface area contributed by atoms with E-state index < -0.39 is 4.92 Å². The first-order valence-electron chi connectivity index (χ1n) is 6.82. The number of nitrogens with zero attached hydrogens (tertiary/aromatic N) is 5. The molecule has 0 saturated carbocycles. The van der Waals surface area contributed by atoms with Gasteiger partial charge >= 0.3 is 0 Å². The van der Waals surface area contributed by atoms with Gasteiger partial charge in [-0.25, -0.2) is 0 Å². The molecule has 0 aliphatic heterocycles. The molecule has 2 aromatic heterocycles. The van der Waals surface area contributed by atoms with Gasteiger partial charge in [-0.1, -0.05) is 47.9 Å². The first-order chi connectivity index (χ1) is 11.7. The Morgan fingerprint density at radius 1 is 1.21 bits per heavy atom. The summed E-state index contributed by atoms with van der Waals surface area (Å²) in [6, 6.07) is 6.10. The van der Waals surface area contributed by atoms with Crippen LogP contribution in [0.15, 0.2) is 37.4 Å². The largest absolute Gasteiger partial charge is 0.420 e. The highest BCUT2D eigenvalue weighted by molar-refractivity contribution is 8.02. The molecule has 0 amide bonds. The molecule has 124 valence electrons. The summed E-state index contributed by atoms with van der Waals surface area (Å²) in [5, 5.41) is 26.9. The molecule has 24 heavy (non-hydrogen) atoms. The van der Waals surface area contributed by atoms with Gasteiger partial charge in [-0.05, 0) is 11.8 Å². The standard InChI is InChI=1S/C13H11N5O3S3/c1-2-22-12-16-17-13(24-12)23-7-10-14-15-11(21-10)8-4-3-5-9(6-8)18(19)20/h3-6H,2,7H2,1H3. The zero-order chi connectivity index (χ0) is 16.9. The predicted molar refractivity (Wildman–Crippen MR) is 92.3 cm³/mol. The highest BCUT2D eigenvalue weighted by Gasteiger charge is 2.14. The molecule has 0 atom stereocenters. The van der Waals surface area contributed by atoms with Gasteiger partial charge in [0, 0.05) is 17.7 Å². The molecule has 0 saturated heterocycles. The predicted octanol–water partition coefficient (Wildman–Crippen LogP) is 3.90. The van der Waals surface area contributed by atoms with Crippen molar-refractivity contribution in [3.8, 4) is 11.5 Å². The van der Waals surface area contributed by atoms with E-state index in [0.29, 0.717) is 17.2 Å². The average Bonchev–Trinajstić information content (AvgIpc) is 3.23. The van der Waals surface area contributed by atoms with Gasteiger partial charge in [0.25, 0.3) is 5.69 Å². The van der Waals surface area contributed by atoms with Crippen LogP contribution >= 0.6 is 34.9 Å². The smallest absolute Gasteiger partial charge is 0.270 e. The maximum atomic E-state index is 10.8. The summed E-state index contributed by atoms with van der Waals surface area (Å²) in [5.74, 6) is 2.11. The van der Waals surface area contributed by atoms with Gasteiger partial charge in [0.2, 0.25) is 11.8 Å². The lowest BCUT2D eigenvalue weighted by Gasteiger charge is -1.95. The highest BCUT2D eigenvalue weighted by atomic mass is 32.2. The van der Waals surface area contributed by atoms with E-state index in [4.69, 9.17) is 4.42 Å². The van der Waals surface area contributed by atoms with Crippen molar-refractivity contribution in [2.75, 3.05) is 5.75 Å². The summed E-state index contributed by atoms with van der Waals surface area (Å²) in [7, 11) is 0. The third-order valence-electron chi connectivity index (χ3n) is 2.75. The fourth-order valence-corrected chi connectivity index (χ4v) is 4.50.